The van der Waals surface area contributed by atoms with Gasteiger partial charge in [0.05, 0.1) is 11.6 Å². The Kier molecular flexibility index (Phi) is 5.89. The monoisotopic (exact) mass is 345 g/mol. The highest BCUT2D eigenvalue weighted by Crippen LogP contribution is 2.27. The molecule has 0 aliphatic heterocycles. The molecule has 1 aliphatic carbocycles. The number of hydrogen-bond acceptors (Lipinski definition) is 4. The topological polar surface area (TPSA) is 84.1 Å². The van der Waals surface area contributed by atoms with Gasteiger partial charge in [-0.05, 0) is 46.6 Å². The summed E-state index contributed by atoms with van der Waals surface area (Å²) in [6.45, 7) is 8.12. The summed E-state index contributed by atoms with van der Waals surface area (Å²) in [6.07, 6.45) is 3.28. The number of carbonyl (C=O) groups is 2. The predicted molar refractivity (Wildman–Crippen MR) is 94.0 cm³/mol. The van der Waals surface area contributed by atoms with Gasteiger partial charge in [0.2, 0.25) is 0 Å². The maximum atomic E-state index is 12.4. The van der Waals surface area contributed by atoms with Crippen molar-refractivity contribution in [3.63, 3.8) is 0 Å². The van der Waals surface area contributed by atoms with Crippen LogP contribution in [0.4, 0.5) is 0 Å². The van der Waals surface area contributed by atoms with Crippen molar-refractivity contribution in [1.82, 2.24) is 9.88 Å². The first kappa shape index (κ1) is 19.0. The van der Waals surface area contributed by atoms with Crippen molar-refractivity contribution in [1.29, 1.82) is 5.26 Å². The Morgan fingerprint density at radius 3 is 2.52 bits per heavy atom. The van der Waals surface area contributed by atoms with Crippen molar-refractivity contribution in [3.05, 3.63) is 23.0 Å². The summed E-state index contributed by atoms with van der Waals surface area (Å²) >= 11 is 0. The Morgan fingerprint density at radius 2 is 2.00 bits per heavy atom. The first-order valence-corrected chi connectivity index (χ1v) is 8.94. The van der Waals surface area contributed by atoms with Crippen molar-refractivity contribution >= 4 is 11.9 Å². The summed E-state index contributed by atoms with van der Waals surface area (Å²) in [5, 5.41) is 12.3. The number of aryl methyl sites for hydroxylation is 1. The Hall–Kier alpha value is -2.29. The van der Waals surface area contributed by atoms with E-state index in [4.69, 9.17) is 4.74 Å². The van der Waals surface area contributed by atoms with E-state index < -0.39 is 23.5 Å². The lowest BCUT2D eigenvalue weighted by atomic mass is 9.83. The van der Waals surface area contributed by atoms with Gasteiger partial charge < -0.3 is 14.6 Å². The molecule has 1 atom stereocenters. The predicted octanol–water partition coefficient (Wildman–Crippen LogP) is 3.01. The number of amides is 1. The molecule has 1 heterocycles. The minimum Gasteiger partial charge on any atom is -0.449 e. The van der Waals surface area contributed by atoms with Crippen LogP contribution in [-0.4, -0.2) is 28.1 Å². The number of ether oxygens (including phenoxy) is 1. The van der Waals surface area contributed by atoms with Gasteiger partial charge in [-0.2, -0.15) is 5.26 Å². The highest BCUT2D eigenvalue weighted by Gasteiger charge is 2.35. The summed E-state index contributed by atoms with van der Waals surface area (Å²) in [6, 6.07) is 4.02. The molecule has 6 nitrogen and oxygen atoms in total. The summed E-state index contributed by atoms with van der Waals surface area (Å²) in [4.78, 5) is 24.8. The van der Waals surface area contributed by atoms with E-state index in [0.29, 0.717) is 18.4 Å². The quantitative estimate of drug-likeness (QED) is 0.831. The molecule has 1 aromatic rings. The van der Waals surface area contributed by atoms with E-state index in [2.05, 4.69) is 11.4 Å². The SMILES string of the molecule is CCn1c(C)cc(C(=O)O[C@H](C)C(=O)NC2(C#N)CCCCC2)c1C. The number of nitrogens with one attached hydrogen (secondary N) is 1. The molecule has 0 aromatic carbocycles. The zero-order chi connectivity index (χ0) is 18.6. The molecule has 25 heavy (non-hydrogen) atoms. The fraction of sp³-hybridized carbons (Fsp3) is 0.632. The second-order valence-electron chi connectivity index (χ2n) is 6.82. The molecule has 0 spiro atoms. The molecule has 0 unspecified atom stereocenters. The van der Waals surface area contributed by atoms with Crippen LogP contribution in [0.1, 0.15) is 67.7 Å². The molecule has 1 amide bonds. The summed E-state index contributed by atoms with van der Waals surface area (Å²) < 4.78 is 7.37. The van der Waals surface area contributed by atoms with Gasteiger partial charge in [-0.15, -0.1) is 0 Å². The van der Waals surface area contributed by atoms with Crippen molar-refractivity contribution in [2.45, 2.75) is 78.0 Å². The lowest BCUT2D eigenvalue weighted by Crippen LogP contribution is -2.52. The van der Waals surface area contributed by atoms with Crippen molar-refractivity contribution in [2.24, 2.45) is 0 Å². The molecule has 136 valence electrons. The largest absolute Gasteiger partial charge is 0.449 e. The molecule has 0 radical (unpaired) electrons. The summed E-state index contributed by atoms with van der Waals surface area (Å²) in [5.41, 5.74) is 1.47. The van der Waals surface area contributed by atoms with Gasteiger partial charge in [0, 0.05) is 17.9 Å². The average Bonchev–Trinajstić information content (AvgIpc) is 2.89. The van der Waals surface area contributed by atoms with Gasteiger partial charge in [-0.1, -0.05) is 19.3 Å². The third-order valence-corrected chi connectivity index (χ3v) is 5.05. The van der Waals surface area contributed by atoms with Crippen LogP contribution < -0.4 is 5.32 Å². The van der Waals surface area contributed by atoms with E-state index >= 15 is 0 Å². The number of esters is 1. The molecular weight excluding hydrogens is 318 g/mol. The Labute approximate surface area is 149 Å². The van der Waals surface area contributed by atoms with Crippen molar-refractivity contribution in [3.8, 4) is 6.07 Å². The van der Waals surface area contributed by atoms with Gasteiger partial charge in [0.15, 0.2) is 6.10 Å². The second-order valence-corrected chi connectivity index (χ2v) is 6.82. The van der Waals surface area contributed by atoms with Gasteiger partial charge in [-0.3, -0.25) is 4.79 Å². The van der Waals surface area contributed by atoms with E-state index in [-0.39, 0.29) is 0 Å². The fourth-order valence-electron chi connectivity index (χ4n) is 3.53. The lowest BCUT2D eigenvalue weighted by Gasteiger charge is -2.32. The van der Waals surface area contributed by atoms with Crippen LogP contribution in [0, 0.1) is 25.2 Å². The molecule has 1 aromatic heterocycles. The minimum atomic E-state index is -0.940. The van der Waals surface area contributed by atoms with E-state index in [0.717, 1.165) is 37.2 Å². The Balaban J connectivity index is 2.03. The highest BCUT2D eigenvalue weighted by atomic mass is 16.5. The normalized spacial score (nSPS) is 17.4. The number of hydrogen-bond donors (Lipinski definition) is 1. The molecule has 1 fully saturated rings. The third kappa shape index (κ3) is 4.04. The van der Waals surface area contributed by atoms with E-state index in [1.807, 2.05) is 25.3 Å². The highest BCUT2D eigenvalue weighted by molar-refractivity contribution is 5.93. The average molecular weight is 345 g/mol. The van der Waals surface area contributed by atoms with Crippen LogP contribution in [0.25, 0.3) is 0 Å². The zero-order valence-corrected chi connectivity index (χ0v) is 15.5. The maximum absolute atomic E-state index is 12.4. The smallest absolute Gasteiger partial charge is 0.340 e. The molecule has 1 aliphatic rings. The van der Waals surface area contributed by atoms with Crippen LogP contribution in [-0.2, 0) is 16.1 Å². The summed E-state index contributed by atoms with van der Waals surface area (Å²) in [7, 11) is 0. The molecule has 0 saturated heterocycles. The molecule has 2 rings (SSSR count). The number of nitrogens with zero attached hydrogens (tertiary/aromatic N) is 2. The lowest BCUT2D eigenvalue weighted by molar-refractivity contribution is -0.130. The first-order chi connectivity index (χ1) is 11.8. The van der Waals surface area contributed by atoms with Gasteiger partial charge >= 0.3 is 5.97 Å². The summed E-state index contributed by atoms with van der Waals surface area (Å²) in [5.74, 6) is -0.925. The van der Waals surface area contributed by atoms with Crippen molar-refractivity contribution in [2.75, 3.05) is 0 Å². The van der Waals surface area contributed by atoms with Crippen LogP contribution in [0.5, 0.6) is 0 Å². The molecular formula is C19H27N3O3. The fourth-order valence-corrected chi connectivity index (χ4v) is 3.53. The molecule has 1 saturated carbocycles. The Morgan fingerprint density at radius 1 is 1.36 bits per heavy atom. The van der Waals surface area contributed by atoms with Crippen LogP contribution in [0.2, 0.25) is 0 Å². The maximum Gasteiger partial charge on any atom is 0.340 e. The third-order valence-electron chi connectivity index (χ3n) is 5.05. The van der Waals surface area contributed by atoms with Gasteiger partial charge in [-0.25, -0.2) is 4.79 Å². The number of aromatic nitrogens is 1. The number of nitriles is 1. The Bertz CT molecular complexity index is 694. The second kappa shape index (κ2) is 7.73. The first-order valence-electron chi connectivity index (χ1n) is 8.94. The molecule has 6 heteroatoms. The zero-order valence-electron chi connectivity index (χ0n) is 15.5. The van der Waals surface area contributed by atoms with Gasteiger partial charge in [0.25, 0.3) is 5.91 Å². The number of carbonyl (C=O) groups excluding carboxylic acids is 2. The van der Waals surface area contributed by atoms with Crippen LogP contribution in [0.15, 0.2) is 6.07 Å². The van der Waals surface area contributed by atoms with Crippen molar-refractivity contribution < 1.29 is 14.3 Å². The van der Waals surface area contributed by atoms with Crippen LogP contribution in [0.3, 0.4) is 0 Å². The van der Waals surface area contributed by atoms with Gasteiger partial charge in [0.1, 0.15) is 5.54 Å². The number of rotatable bonds is 5. The van der Waals surface area contributed by atoms with E-state index in [1.165, 1.54) is 0 Å². The van der Waals surface area contributed by atoms with E-state index in [9.17, 15) is 14.9 Å². The molecule has 1 N–H and O–H groups in total. The van der Waals surface area contributed by atoms with E-state index in [1.54, 1.807) is 13.0 Å². The molecule has 0 bridgehead atoms. The standard InChI is InChI=1S/C19H27N3O3/c1-5-22-13(2)11-16(14(22)3)18(24)25-15(4)17(23)21-19(12-20)9-7-6-8-10-19/h11,15H,5-10H2,1-4H3,(H,21,23)/t15-/m1/s1. The van der Waals surface area contributed by atoms with Crippen LogP contribution >= 0.6 is 0 Å². The minimum absolute atomic E-state index is 0.416.